The zero-order chi connectivity index (χ0) is 15.3. The number of aromatic nitrogens is 3. The van der Waals surface area contributed by atoms with Gasteiger partial charge in [-0.2, -0.15) is 0 Å². The van der Waals surface area contributed by atoms with Crippen molar-refractivity contribution in [2.24, 2.45) is 5.73 Å². The molecule has 0 fully saturated rings. The molecule has 0 unspecified atom stereocenters. The van der Waals surface area contributed by atoms with E-state index in [1.165, 1.54) is 11.8 Å². The Kier molecular flexibility index (Phi) is 6.01. The first kappa shape index (κ1) is 17.0. The second-order valence-corrected chi connectivity index (χ2v) is 6.58. The average Bonchev–Trinajstić information content (AvgIpc) is 2.79. The summed E-state index contributed by atoms with van der Waals surface area (Å²) >= 11 is 1.39. The number of nitrogens with zero attached hydrogens (tertiary/aromatic N) is 3. The average molecular weight is 299 g/mol. The lowest BCUT2D eigenvalue weighted by Crippen LogP contribution is -2.43. The van der Waals surface area contributed by atoms with Crippen molar-refractivity contribution in [2.45, 2.75) is 64.3 Å². The number of hydrogen-bond acceptors (Lipinski definition) is 5. The van der Waals surface area contributed by atoms with Crippen molar-refractivity contribution < 1.29 is 4.79 Å². The van der Waals surface area contributed by atoms with Crippen LogP contribution in [0.5, 0.6) is 0 Å². The van der Waals surface area contributed by atoms with Gasteiger partial charge in [-0.15, -0.1) is 10.2 Å². The molecule has 0 aliphatic carbocycles. The highest BCUT2D eigenvalue weighted by atomic mass is 32.2. The Bertz CT molecular complexity index is 456. The van der Waals surface area contributed by atoms with E-state index >= 15 is 0 Å². The molecule has 6 nitrogen and oxygen atoms in total. The fourth-order valence-electron chi connectivity index (χ4n) is 1.70. The van der Waals surface area contributed by atoms with Crippen molar-refractivity contribution in [1.29, 1.82) is 0 Å². The number of hydrogen-bond donors (Lipinski definition) is 2. The van der Waals surface area contributed by atoms with Gasteiger partial charge in [0.2, 0.25) is 5.91 Å². The van der Waals surface area contributed by atoms with Crippen molar-refractivity contribution in [3.8, 4) is 0 Å². The van der Waals surface area contributed by atoms with E-state index in [0.717, 1.165) is 17.4 Å². The minimum Gasteiger partial charge on any atom is -0.351 e. The fourth-order valence-corrected chi connectivity index (χ4v) is 2.58. The highest BCUT2D eigenvalue weighted by Crippen LogP contribution is 2.21. The molecular formula is C13H25N5OS. The number of amides is 1. The first-order valence-electron chi connectivity index (χ1n) is 6.88. The van der Waals surface area contributed by atoms with Gasteiger partial charge in [0.25, 0.3) is 0 Å². The molecule has 0 aromatic carbocycles. The van der Waals surface area contributed by atoms with Crippen molar-refractivity contribution in [1.82, 2.24) is 20.1 Å². The van der Waals surface area contributed by atoms with Crippen LogP contribution in [0.25, 0.3) is 0 Å². The van der Waals surface area contributed by atoms with Crippen LogP contribution in [0.4, 0.5) is 0 Å². The molecule has 114 valence electrons. The molecule has 0 aliphatic rings. The van der Waals surface area contributed by atoms with Crippen molar-refractivity contribution >= 4 is 17.7 Å². The highest BCUT2D eigenvalue weighted by Gasteiger charge is 2.19. The third kappa shape index (κ3) is 4.49. The normalized spacial score (nSPS) is 11.9. The first-order chi connectivity index (χ1) is 9.30. The van der Waals surface area contributed by atoms with Crippen LogP contribution in [-0.4, -0.2) is 32.0 Å². The zero-order valence-corrected chi connectivity index (χ0v) is 13.8. The van der Waals surface area contributed by atoms with E-state index < -0.39 is 0 Å². The molecule has 7 heteroatoms. The van der Waals surface area contributed by atoms with Crippen LogP contribution in [0.2, 0.25) is 0 Å². The summed E-state index contributed by atoms with van der Waals surface area (Å²) in [6.07, 6.45) is 0.892. The predicted octanol–water partition coefficient (Wildman–Crippen LogP) is 1.71. The minimum absolute atomic E-state index is 0.00875. The lowest BCUT2D eigenvalue weighted by Gasteiger charge is -2.24. The highest BCUT2D eigenvalue weighted by molar-refractivity contribution is 7.99. The van der Waals surface area contributed by atoms with Gasteiger partial charge in [-0.25, -0.2) is 0 Å². The third-order valence-corrected chi connectivity index (χ3v) is 4.07. The van der Waals surface area contributed by atoms with Gasteiger partial charge in [0.1, 0.15) is 5.82 Å². The molecule has 0 radical (unpaired) electrons. The van der Waals surface area contributed by atoms with E-state index in [9.17, 15) is 4.79 Å². The summed E-state index contributed by atoms with van der Waals surface area (Å²) in [6, 6.07) is 0.223. The molecule has 0 saturated carbocycles. The Morgan fingerprint density at radius 1 is 1.45 bits per heavy atom. The van der Waals surface area contributed by atoms with Gasteiger partial charge in [-0.05, 0) is 34.1 Å². The summed E-state index contributed by atoms with van der Waals surface area (Å²) < 4.78 is 1.98. The van der Waals surface area contributed by atoms with Crippen LogP contribution in [-0.2, 0) is 11.3 Å². The topological polar surface area (TPSA) is 85.8 Å². The van der Waals surface area contributed by atoms with E-state index in [1.54, 1.807) is 0 Å². The maximum absolute atomic E-state index is 11.9. The molecule has 0 bridgehead atoms. The van der Waals surface area contributed by atoms with Crippen LogP contribution in [0.3, 0.4) is 0 Å². The molecule has 0 spiro atoms. The number of nitrogens with two attached hydrogens (primary N) is 1. The van der Waals surface area contributed by atoms with Gasteiger partial charge in [0.05, 0.1) is 12.3 Å². The molecule has 3 N–H and O–H groups in total. The summed E-state index contributed by atoms with van der Waals surface area (Å²) in [5.74, 6) is 1.09. The zero-order valence-electron chi connectivity index (χ0n) is 12.9. The maximum atomic E-state index is 11.9. The molecule has 1 heterocycles. The number of carbonyl (C=O) groups is 1. The largest absolute Gasteiger partial charge is 0.351 e. The standard InChI is InChI=1S/C13H25N5OS/c1-6-13(4,5)15-11(19)8-20-12-17-16-10(7-14)18(12)9(2)3/h9H,6-8,14H2,1-5H3,(H,15,19). The van der Waals surface area contributed by atoms with Crippen LogP contribution >= 0.6 is 11.8 Å². The van der Waals surface area contributed by atoms with Gasteiger partial charge in [0, 0.05) is 11.6 Å². The van der Waals surface area contributed by atoms with Crippen LogP contribution in [0.1, 0.15) is 52.9 Å². The summed E-state index contributed by atoms with van der Waals surface area (Å²) in [6.45, 7) is 10.5. The smallest absolute Gasteiger partial charge is 0.230 e. The van der Waals surface area contributed by atoms with E-state index in [-0.39, 0.29) is 17.5 Å². The van der Waals surface area contributed by atoms with Crippen LogP contribution in [0, 0.1) is 0 Å². The summed E-state index contributed by atoms with van der Waals surface area (Å²) in [7, 11) is 0. The Balaban J connectivity index is 2.66. The number of thioether (sulfide) groups is 1. The van der Waals surface area contributed by atoms with Crippen molar-refractivity contribution in [3.05, 3.63) is 5.82 Å². The van der Waals surface area contributed by atoms with Crippen molar-refractivity contribution in [2.75, 3.05) is 5.75 Å². The Morgan fingerprint density at radius 3 is 2.60 bits per heavy atom. The second-order valence-electron chi connectivity index (χ2n) is 5.64. The first-order valence-corrected chi connectivity index (χ1v) is 7.87. The van der Waals surface area contributed by atoms with Gasteiger partial charge < -0.3 is 15.6 Å². The van der Waals surface area contributed by atoms with Crippen LogP contribution < -0.4 is 11.1 Å². The molecule has 1 amide bonds. The lowest BCUT2D eigenvalue weighted by molar-refractivity contribution is -0.120. The minimum atomic E-state index is -0.175. The second kappa shape index (κ2) is 7.08. The van der Waals surface area contributed by atoms with E-state index in [2.05, 4.69) is 22.4 Å². The predicted molar refractivity (Wildman–Crippen MR) is 81.5 cm³/mol. The SMILES string of the molecule is CCC(C)(C)NC(=O)CSc1nnc(CN)n1C(C)C. The molecule has 1 rings (SSSR count). The summed E-state index contributed by atoms with van der Waals surface area (Å²) in [5, 5.41) is 11.9. The maximum Gasteiger partial charge on any atom is 0.230 e. The van der Waals surface area contributed by atoms with E-state index in [1.807, 2.05) is 32.3 Å². The van der Waals surface area contributed by atoms with Gasteiger partial charge in [0.15, 0.2) is 5.16 Å². The molecule has 1 aromatic rings. The van der Waals surface area contributed by atoms with Gasteiger partial charge in [-0.1, -0.05) is 18.7 Å². The van der Waals surface area contributed by atoms with Crippen LogP contribution in [0.15, 0.2) is 5.16 Å². The molecule has 20 heavy (non-hydrogen) atoms. The molecule has 0 aliphatic heterocycles. The fraction of sp³-hybridized carbons (Fsp3) is 0.769. The quantitative estimate of drug-likeness (QED) is 0.749. The Labute approximate surface area is 124 Å². The summed E-state index contributed by atoms with van der Waals surface area (Å²) in [5.41, 5.74) is 5.47. The van der Waals surface area contributed by atoms with E-state index in [0.29, 0.717) is 12.3 Å². The number of rotatable bonds is 7. The molecule has 0 atom stereocenters. The number of carbonyl (C=O) groups excluding carboxylic acids is 1. The lowest BCUT2D eigenvalue weighted by atomic mass is 10.0. The number of nitrogens with one attached hydrogen (secondary N) is 1. The van der Waals surface area contributed by atoms with Gasteiger partial charge in [-0.3, -0.25) is 4.79 Å². The molecular weight excluding hydrogens is 274 g/mol. The Hall–Kier alpha value is -1.08. The van der Waals surface area contributed by atoms with Crippen molar-refractivity contribution in [3.63, 3.8) is 0 Å². The molecule has 0 saturated heterocycles. The third-order valence-electron chi connectivity index (χ3n) is 3.13. The molecule has 1 aromatic heterocycles. The Morgan fingerprint density at radius 2 is 2.10 bits per heavy atom. The summed E-state index contributed by atoms with van der Waals surface area (Å²) in [4.78, 5) is 11.9. The van der Waals surface area contributed by atoms with Gasteiger partial charge >= 0.3 is 0 Å². The van der Waals surface area contributed by atoms with E-state index in [4.69, 9.17) is 5.73 Å². The monoisotopic (exact) mass is 299 g/mol.